The van der Waals surface area contributed by atoms with Crippen molar-refractivity contribution < 1.29 is 9.18 Å². The number of halogens is 1. The molecular formula is C14H19FN2O. The van der Waals surface area contributed by atoms with E-state index in [1.54, 1.807) is 12.1 Å². The molecule has 0 spiro atoms. The van der Waals surface area contributed by atoms with Crippen LogP contribution >= 0.6 is 0 Å². The fraction of sp³-hybridized carbons (Fsp3) is 0.500. The van der Waals surface area contributed by atoms with E-state index >= 15 is 0 Å². The minimum absolute atomic E-state index is 0.0174. The van der Waals surface area contributed by atoms with Crippen LogP contribution in [0.15, 0.2) is 24.3 Å². The zero-order valence-corrected chi connectivity index (χ0v) is 11.1. The smallest absolute Gasteiger partial charge is 0.253 e. The molecule has 0 radical (unpaired) electrons. The molecule has 1 aliphatic heterocycles. The summed E-state index contributed by atoms with van der Waals surface area (Å²) in [4.78, 5) is 16.4. The van der Waals surface area contributed by atoms with E-state index in [9.17, 15) is 9.18 Å². The van der Waals surface area contributed by atoms with Crippen LogP contribution in [0.1, 0.15) is 24.2 Å². The lowest BCUT2D eigenvalue weighted by Crippen LogP contribution is -2.58. The van der Waals surface area contributed by atoms with Crippen molar-refractivity contribution >= 4 is 5.91 Å². The Morgan fingerprint density at radius 2 is 1.83 bits per heavy atom. The van der Waals surface area contributed by atoms with Crippen LogP contribution in [-0.2, 0) is 0 Å². The average molecular weight is 250 g/mol. The fourth-order valence-electron chi connectivity index (χ4n) is 2.19. The van der Waals surface area contributed by atoms with Gasteiger partial charge in [0.25, 0.3) is 5.91 Å². The number of hydrogen-bond donors (Lipinski definition) is 0. The second kappa shape index (κ2) is 4.69. The Morgan fingerprint density at radius 3 is 2.39 bits per heavy atom. The van der Waals surface area contributed by atoms with Crippen LogP contribution < -0.4 is 0 Å². The molecule has 0 unspecified atom stereocenters. The van der Waals surface area contributed by atoms with Crippen molar-refractivity contribution in [2.75, 3.05) is 26.7 Å². The minimum atomic E-state index is -0.315. The van der Waals surface area contributed by atoms with E-state index in [-0.39, 0.29) is 17.3 Å². The van der Waals surface area contributed by atoms with Gasteiger partial charge in [-0.25, -0.2) is 4.39 Å². The lowest BCUT2D eigenvalue weighted by Gasteiger charge is -2.45. The minimum Gasteiger partial charge on any atom is -0.336 e. The Balaban J connectivity index is 2.13. The summed E-state index contributed by atoms with van der Waals surface area (Å²) >= 11 is 0. The number of carbonyl (C=O) groups excluding carboxylic acids is 1. The van der Waals surface area contributed by atoms with E-state index in [2.05, 4.69) is 25.8 Å². The first-order chi connectivity index (χ1) is 8.40. The fourth-order valence-corrected chi connectivity index (χ4v) is 2.19. The Labute approximate surface area is 107 Å². The van der Waals surface area contributed by atoms with Gasteiger partial charge in [-0.05, 0) is 45.2 Å². The monoisotopic (exact) mass is 250 g/mol. The molecule has 0 bridgehead atoms. The summed E-state index contributed by atoms with van der Waals surface area (Å²) in [6, 6.07) is 5.74. The maximum absolute atomic E-state index is 12.8. The second-order valence-electron chi connectivity index (χ2n) is 5.47. The molecule has 1 aliphatic rings. The van der Waals surface area contributed by atoms with Crippen molar-refractivity contribution in [3.63, 3.8) is 0 Å². The molecule has 98 valence electrons. The lowest BCUT2D eigenvalue weighted by molar-refractivity contribution is 0.0311. The summed E-state index contributed by atoms with van der Waals surface area (Å²) in [6.45, 7) is 6.52. The van der Waals surface area contributed by atoms with Crippen LogP contribution in [0, 0.1) is 5.82 Å². The number of rotatable bonds is 1. The van der Waals surface area contributed by atoms with E-state index in [0.29, 0.717) is 12.1 Å². The van der Waals surface area contributed by atoms with Gasteiger partial charge in [-0.2, -0.15) is 0 Å². The summed E-state index contributed by atoms with van der Waals surface area (Å²) in [7, 11) is 2.07. The van der Waals surface area contributed by atoms with Gasteiger partial charge in [-0.1, -0.05) is 0 Å². The molecule has 0 atom stereocenters. The summed E-state index contributed by atoms with van der Waals surface area (Å²) in [6.07, 6.45) is 0. The van der Waals surface area contributed by atoms with Crippen molar-refractivity contribution in [2.24, 2.45) is 0 Å². The zero-order valence-electron chi connectivity index (χ0n) is 11.1. The first-order valence-electron chi connectivity index (χ1n) is 6.16. The van der Waals surface area contributed by atoms with Gasteiger partial charge in [0.05, 0.1) is 0 Å². The summed E-state index contributed by atoms with van der Waals surface area (Å²) in [5, 5.41) is 0. The molecule has 1 aromatic rings. The van der Waals surface area contributed by atoms with Crippen molar-refractivity contribution in [3.8, 4) is 0 Å². The molecule has 1 saturated heterocycles. The third-order valence-electron chi connectivity index (χ3n) is 3.69. The molecule has 1 heterocycles. The van der Waals surface area contributed by atoms with E-state index in [1.165, 1.54) is 12.1 Å². The highest BCUT2D eigenvalue weighted by atomic mass is 19.1. The molecule has 4 heteroatoms. The van der Waals surface area contributed by atoms with E-state index in [1.807, 2.05) is 4.90 Å². The first-order valence-corrected chi connectivity index (χ1v) is 6.16. The summed E-state index contributed by atoms with van der Waals surface area (Å²) < 4.78 is 12.8. The molecule has 1 fully saturated rings. The summed E-state index contributed by atoms with van der Waals surface area (Å²) in [5.74, 6) is -0.332. The highest BCUT2D eigenvalue weighted by Crippen LogP contribution is 2.20. The van der Waals surface area contributed by atoms with E-state index < -0.39 is 0 Å². The van der Waals surface area contributed by atoms with Gasteiger partial charge in [-0.15, -0.1) is 0 Å². The number of piperazine rings is 1. The maximum atomic E-state index is 12.8. The Kier molecular flexibility index (Phi) is 3.39. The van der Waals surface area contributed by atoms with E-state index in [4.69, 9.17) is 0 Å². The standard InChI is InChI=1S/C14H19FN2O/c1-14(2)10-17(9-8-16(14)3)13(18)11-4-6-12(15)7-5-11/h4-7H,8-10H2,1-3H3. The van der Waals surface area contributed by atoms with Crippen molar-refractivity contribution in [2.45, 2.75) is 19.4 Å². The molecule has 18 heavy (non-hydrogen) atoms. The largest absolute Gasteiger partial charge is 0.336 e. The van der Waals surface area contributed by atoms with Crippen LogP contribution in [0.2, 0.25) is 0 Å². The number of likely N-dealkylation sites (N-methyl/N-ethyl adjacent to an activating group) is 1. The van der Waals surface area contributed by atoms with Crippen LogP contribution in [0.5, 0.6) is 0 Å². The molecular weight excluding hydrogens is 231 g/mol. The topological polar surface area (TPSA) is 23.6 Å². The quantitative estimate of drug-likeness (QED) is 0.761. The second-order valence-corrected chi connectivity index (χ2v) is 5.47. The highest BCUT2D eigenvalue weighted by molar-refractivity contribution is 5.94. The predicted molar refractivity (Wildman–Crippen MR) is 69.0 cm³/mol. The Hall–Kier alpha value is -1.42. The zero-order chi connectivity index (χ0) is 13.3. The van der Waals surface area contributed by atoms with Crippen LogP contribution in [0.25, 0.3) is 0 Å². The van der Waals surface area contributed by atoms with Gasteiger partial charge in [0.2, 0.25) is 0 Å². The molecule has 2 rings (SSSR count). The lowest BCUT2D eigenvalue weighted by atomic mass is 9.99. The Bertz CT molecular complexity index is 442. The molecule has 0 aliphatic carbocycles. The molecule has 1 aromatic carbocycles. The van der Waals surface area contributed by atoms with Gasteiger partial charge in [0.1, 0.15) is 5.82 Å². The van der Waals surface area contributed by atoms with Crippen LogP contribution in [-0.4, -0.2) is 47.9 Å². The van der Waals surface area contributed by atoms with Gasteiger partial charge < -0.3 is 4.90 Å². The van der Waals surface area contributed by atoms with Gasteiger partial charge in [0.15, 0.2) is 0 Å². The van der Waals surface area contributed by atoms with Crippen molar-refractivity contribution in [1.29, 1.82) is 0 Å². The molecule has 0 aromatic heterocycles. The van der Waals surface area contributed by atoms with Gasteiger partial charge >= 0.3 is 0 Å². The summed E-state index contributed by atoms with van der Waals surface area (Å²) in [5.41, 5.74) is 0.533. The van der Waals surface area contributed by atoms with Crippen molar-refractivity contribution in [1.82, 2.24) is 9.80 Å². The number of nitrogens with zero attached hydrogens (tertiary/aromatic N) is 2. The highest BCUT2D eigenvalue weighted by Gasteiger charge is 2.33. The average Bonchev–Trinajstić information content (AvgIpc) is 2.33. The number of hydrogen-bond acceptors (Lipinski definition) is 2. The van der Waals surface area contributed by atoms with Crippen LogP contribution in [0.4, 0.5) is 4.39 Å². The maximum Gasteiger partial charge on any atom is 0.253 e. The molecule has 0 N–H and O–H groups in total. The third kappa shape index (κ3) is 2.53. The normalized spacial score (nSPS) is 19.9. The van der Waals surface area contributed by atoms with Gasteiger partial charge in [-0.3, -0.25) is 9.69 Å². The molecule has 1 amide bonds. The number of amides is 1. The van der Waals surface area contributed by atoms with E-state index in [0.717, 1.165) is 13.1 Å². The predicted octanol–water partition coefficient (Wildman–Crippen LogP) is 1.99. The van der Waals surface area contributed by atoms with Crippen molar-refractivity contribution in [3.05, 3.63) is 35.6 Å². The SMILES string of the molecule is CN1CCN(C(=O)c2ccc(F)cc2)CC1(C)C. The third-order valence-corrected chi connectivity index (χ3v) is 3.69. The number of benzene rings is 1. The molecule has 0 saturated carbocycles. The first kappa shape index (κ1) is 13.0. The molecule has 3 nitrogen and oxygen atoms in total. The van der Waals surface area contributed by atoms with Crippen LogP contribution in [0.3, 0.4) is 0 Å². The van der Waals surface area contributed by atoms with Gasteiger partial charge in [0, 0.05) is 30.7 Å². The Morgan fingerprint density at radius 1 is 1.22 bits per heavy atom. The number of carbonyl (C=O) groups is 1.